The quantitative estimate of drug-likeness (QED) is 0.561. The molecule has 0 saturated heterocycles. The first-order valence-corrected chi connectivity index (χ1v) is 8.96. The number of pyridine rings is 1. The van der Waals surface area contributed by atoms with Crippen molar-refractivity contribution in [2.75, 3.05) is 26.2 Å². The van der Waals surface area contributed by atoms with Gasteiger partial charge in [0.25, 0.3) is 0 Å². The Bertz CT molecular complexity index is 1020. The number of H-pyrrole nitrogens is 1. The van der Waals surface area contributed by atoms with Crippen molar-refractivity contribution in [3.05, 3.63) is 48.5 Å². The Labute approximate surface area is 147 Å². The van der Waals surface area contributed by atoms with Crippen LogP contribution in [0.25, 0.3) is 32.8 Å². The summed E-state index contributed by atoms with van der Waals surface area (Å²) in [7, 11) is 0. The van der Waals surface area contributed by atoms with Crippen LogP contribution < -0.4 is 4.74 Å². The van der Waals surface area contributed by atoms with Crippen molar-refractivity contribution in [3.63, 3.8) is 0 Å². The zero-order chi connectivity index (χ0) is 17.2. The van der Waals surface area contributed by atoms with E-state index in [2.05, 4.69) is 41.9 Å². The maximum absolute atomic E-state index is 6.28. The number of nitrogens with one attached hydrogen (secondary N) is 1. The largest absolute Gasteiger partial charge is 0.489 e. The van der Waals surface area contributed by atoms with Gasteiger partial charge in [0.15, 0.2) is 5.75 Å². The van der Waals surface area contributed by atoms with Crippen molar-refractivity contribution in [1.82, 2.24) is 14.9 Å². The molecule has 0 bridgehead atoms. The monoisotopic (exact) mass is 333 g/mol. The Kier molecular flexibility index (Phi) is 4.28. The molecular formula is C21H23N3O. The fraction of sp³-hybridized carbons (Fsp3) is 0.286. The number of hydrogen-bond donors (Lipinski definition) is 1. The first kappa shape index (κ1) is 15.9. The maximum atomic E-state index is 6.28. The predicted octanol–water partition coefficient (Wildman–Crippen LogP) is 4.59. The molecule has 1 N–H and O–H groups in total. The van der Waals surface area contributed by atoms with Crippen LogP contribution in [0.1, 0.15) is 13.8 Å². The highest BCUT2D eigenvalue weighted by atomic mass is 16.5. The molecule has 4 rings (SSSR count). The Morgan fingerprint density at radius 1 is 0.960 bits per heavy atom. The third-order valence-electron chi connectivity index (χ3n) is 4.83. The number of benzene rings is 2. The van der Waals surface area contributed by atoms with Crippen LogP contribution in [-0.2, 0) is 0 Å². The lowest BCUT2D eigenvalue weighted by molar-refractivity contribution is 0.225. The van der Waals surface area contributed by atoms with Crippen molar-refractivity contribution in [3.8, 4) is 5.75 Å². The van der Waals surface area contributed by atoms with Crippen molar-refractivity contribution >= 4 is 32.8 Å². The average molecular weight is 333 g/mol. The molecule has 0 saturated carbocycles. The van der Waals surface area contributed by atoms with E-state index in [9.17, 15) is 0 Å². The van der Waals surface area contributed by atoms with Crippen molar-refractivity contribution < 1.29 is 4.74 Å². The lowest BCUT2D eigenvalue weighted by atomic mass is 10.1. The van der Waals surface area contributed by atoms with Gasteiger partial charge in [-0.25, -0.2) is 4.98 Å². The van der Waals surface area contributed by atoms with E-state index >= 15 is 0 Å². The first-order valence-electron chi connectivity index (χ1n) is 8.96. The Hall–Kier alpha value is -2.59. The lowest BCUT2D eigenvalue weighted by Crippen LogP contribution is -2.28. The molecule has 4 heteroatoms. The summed E-state index contributed by atoms with van der Waals surface area (Å²) in [4.78, 5) is 10.8. The van der Waals surface area contributed by atoms with Gasteiger partial charge < -0.3 is 14.6 Å². The summed E-state index contributed by atoms with van der Waals surface area (Å²) in [6, 6.07) is 16.5. The maximum Gasteiger partial charge on any atom is 0.154 e. The smallest absolute Gasteiger partial charge is 0.154 e. The molecule has 0 atom stereocenters. The van der Waals surface area contributed by atoms with Gasteiger partial charge in [0, 0.05) is 22.8 Å². The van der Waals surface area contributed by atoms with Gasteiger partial charge >= 0.3 is 0 Å². The number of likely N-dealkylation sites (N-methyl/N-ethyl adjacent to an activating group) is 1. The standard InChI is InChI=1S/C21H23N3O/c1-3-24(4-2)13-14-25-21-16-10-6-8-12-18(16)22-19-15-9-5-7-11-17(15)23-20(19)21/h5-12,23H,3-4,13-14H2,1-2H3. The van der Waals surface area contributed by atoms with Gasteiger partial charge in [-0.05, 0) is 31.3 Å². The third kappa shape index (κ3) is 2.83. The molecule has 2 heterocycles. The van der Waals surface area contributed by atoms with Crippen LogP contribution in [0.15, 0.2) is 48.5 Å². The number of rotatable bonds is 6. The fourth-order valence-corrected chi connectivity index (χ4v) is 3.39. The lowest BCUT2D eigenvalue weighted by Gasteiger charge is -2.18. The molecule has 25 heavy (non-hydrogen) atoms. The van der Waals surface area contributed by atoms with Crippen molar-refractivity contribution in [2.24, 2.45) is 0 Å². The summed E-state index contributed by atoms with van der Waals surface area (Å²) in [5.74, 6) is 0.906. The summed E-state index contributed by atoms with van der Waals surface area (Å²) in [5.41, 5.74) is 4.03. The fourth-order valence-electron chi connectivity index (χ4n) is 3.39. The number of aromatic amines is 1. The molecule has 2 aromatic carbocycles. The Morgan fingerprint density at radius 2 is 1.68 bits per heavy atom. The molecule has 4 aromatic rings. The minimum absolute atomic E-state index is 0.667. The molecular weight excluding hydrogens is 310 g/mol. The minimum Gasteiger partial charge on any atom is -0.489 e. The zero-order valence-electron chi connectivity index (χ0n) is 14.7. The Balaban J connectivity index is 1.83. The Morgan fingerprint density at radius 3 is 2.48 bits per heavy atom. The van der Waals surface area contributed by atoms with Gasteiger partial charge in [-0.3, -0.25) is 0 Å². The minimum atomic E-state index is 0.667. The molecule has 128 valence electrons. The number of ether oxygens (including phenoxy) is 1. The van der Waals surface area contributed by atoms with Crippen LogP contribution in [0.4, 0.5) is 0 Å². The molecule has 0 spiro atoms. The van der Waals surface area contributed by atoms with E-state index in [0.717, 1.165) is 58.2 Å². The molecule has 0 fully saturated rings. The van der Waals surface area contributed by atoms with E-state index in [1.54, 1.807) is 0 Å². The van der Waals surface area contributed by atoms with Gasteiger partial charge in [0.2, 0.25) is 0 Å². The normalized spacial score (nSPS) is 11.8. The summed E-state index contributed by atoms with van der Waals surface area (Å²) in [5, 5.41) is 2.19. The van der Waals surface area contributed by atoms with E-state index < -0.39 is 0 Å². The number of nitrogens with zero attached hydrogens (tertiary/aromatic N) is 2. The number of hydrogen-bond acceptors (Lipinski definition) is 3. The topological polar surface area (TPSA) is 41.1 Å². The van der Waals surface area contributed by atoms with Crippen LogP contribution in [0.3, 0.4) is 0 Å². The van der Waals surface area contributed by atoms with E-state index in [4.69, 9.17) is 9.72 Å². The molecule has 0 aliphatic heterocycles. The highest BCUT2D eigenvalue weighted by Crippen LogP contribution is 2.36. The second-order valence-electron chi connectivity index (χ2n) is 6.23. The molecule has 0 aliphatic rings. The second kappa shape index (κ2) is 6.73. The molecule has 0 amide bonds. The molecule has 0 unspecified atom stereocenters. The third-order valence-corrected chi connectivity index (χ3v) is 4.83. The highest BCUT2D eigenvalue weighted by molar-refractivity contribution is 6.11. The van der Waals surface area contributed by atoms with Crippen LogP contribution in [0.2, 0.25) is 0 Å². The van der Waals surface area contributed by atoms with Gasteiger partial charge in [-0.1, -0.05) is 44.2 Å². The summed E-state index contributed by atoms with van der Waals surface area (Å²) in [6.07, 6.45) is 0. The van der Waals surface area contributed by atoms with E-state index in [1.165, 1.54) is 0 Å². The number of para-hydroxylation sites is 2. The van der Waals surface area contributed by atoms with E-state index in [0.29, 0.717) is 6.61 Å². The van der Waals surface area contributed by atoms with E-state index in [-0.39, 0.29) is 0 Å². The zero-order valence-corrected chi connectivity index (χ0v) is 14.7. The second-order valence-corrected chi connectivity index (χ2v) is 6.23. The van der Waals surface area contributed by atoms with Crippen LogP contribution in [0.5, 0.6) is 5.75 Å². The van der Waals surface area contributed by atoms with Gasteiger partial charge in [0.1, 0.15) is 17.6 Å². The van der Waals surface area contributed by atoms with Gasteiger partial charge in [-0.15, -0.1) is 0 Å². The first-order chi connectivity index (χ1) is 12.3. The van der Waals surface area contributed by atoms with Gasteiger partial charge in [0.05, 0.1) is 5.52 Å². The van der Waals surface area contributed by atoms with Crippen LogP contribution >= 0.6 is 0 Å². The summed E-state index contributed by atoms with van der Waals surface area (Å²) in [6.45, 7) is 8.03. The molecule has 0 aliphatic carbocycles. The van der Waals surface area contributed by atoms with Crippen LogP contribution in [-0.4, -0.2) is 41.1 Å². The molecule has 4 nitrogen and oxygen atoms in total. The summed E-state index contributed by atoms with van der Waals surface area (Å²) >= 11 is 0. The van der Waals surface area contributed by atoms with Gasteiger partial charge in [-0.2, -0.15) is 0 Å². The average Bonchev–Trinajstić information content (AvgIpc) is 3.03. The molecule has 2 aromatic heterocycles. The van der Waals surface area contributed by atoms with E-state index in [1.807, 2.05) is 30.3 Å². The predicted molar refractivity (Wildman–Crippen MR) is 104 cm³/mol. The SMILES string of the molecule is CCN(CC)CCOc1c2ccccc2nc2c1[nH]c1ccccc12. The molecule has 0 radical (unpaired) electrons. The number of fused-ring (bicyclic) bond motifs is 4. The summed E-state index contributed by atoms with van der Waals surface area (Å²) < 4.78 is 6.28. The van der Waals surface area contributed by atoms with Crippen molar-refractivity contribution in [1.29, 1.82) is 0 Å². The van der Waals surface area contributed by atoms with Crippen molar-refractivity contribution in [2.45, 2.75) is 13.8 Å². The van der Waals surface area contributed by atoms with Crippen LogP contribution in [0, 0.1) is 0 Å². The number of aromatic nitrogens is 2. The highest BCUT2D eigenvalue weighted by Gasteiger charge is 2.15.